The summed E-state index contributed by atoms with van der Waals surface area (Å²) in [5.74, 6) is 0.698. The zero-order chi connectivity index (χ0) is 14.0. The van der Waals surface area contributed by atoms with Gasteiger partial charge >= 0.3 is 5.63 Å². The van der Waals surface area contributed by atoms with Gasteiger partial charge in [-0.05, 0) is 30.7 Å². The van der Waals surface area contributed by atoms with E-state index in [1.807, 2.05) is 0 Å². The van der Waals surface area contributed by atoms with E-state index >= 15 is 0 Å². The van der Waals surface area contributed by atoms with Crippen molar-refractivity contribution in [2.75, 3.05) is 0 Å². The Morgan fingerprint density at radius 3 is 2.32 bits per heavy atom. The number of hydrogen-bond acceptors (Lipinski definition) is 3. The van der Waals surface area contributed by atoms with Crippen LogP contribution in [0.15, 0.2) is 33.5 Å². The highest BCUT2D eigenvalue weighted by Gasteiger charge is 2.10. The number of ether oxygens (including phenoxy) is 1. The lowest BCUT2D eigenvalue weighted by Crippen LogP contribution is -2.04. The van der Waals surface area contributed by atoms with Gasteiger partial charge in [-0.15, -0.1) is 0 Å². The van der Waals surface area contributed by atoms with Crippen LogP contribution in [0.5, 0.6) is 5.75 Å². The molecule has 1 aromatic heterocycles. The van der Waals surface area contributed by atoms with E-state index in [0.29, 0.717) is 26.6 Å². The van der Waals surface area contributed by atoms with Gasteiger partial charge in [-0.1, -0.05) is 34.8 Å². The lowest BCUT2D eigenvalue weighted by atomic mass is 10.3. The molecule has 0 atom stereocenters. The van der Waals surface area contributed by atoms with E-state index in [4.69, 9.17) is 44.0 Å². The molecule has 0 saturated carbocycles. The molecular formula is C13H9Cl3O3. The number of hydrogen-bond donors (Lipinski definition) is 0. The first-order chi connectivity index (χ1) is 8.95. The average Bonchev–Trinajstić information content (AvgIpc) is 2.25. The summed E-state index contributed by atoms with van der Waals surface area (Å²) in [4.78, 5) is 11.2. The highest BCUT2D eigenvalue weighted by atomic mass is 35.5. The van der Waals surface area contributed by atoms with Crippen LogP contribution in [0.4, 0.5) is 0 Å². The highest BCUT2D eigenvalue weighted by Crippen LogP contribution is 2.36. The fraction of sp³-hybridized carbons (Fsp3) is 0.154. The van der Waals surface area contributed by atoms with Gasteiger partial charge in [0.2, 0.25) is 0 Å². The van der Waals surface area contributed by atoms with Crippen molar-refractivity contribution in [1.29, 1.82) is 0 Å². The predicted octanol–water partition coefficient (Wildman–Crippen LogP) is 4.49. The van der Waals surface area contributed by atoms with Crippen molar-refractivity contribution >= 4 is 34.8 Å². The Kier molecular flexibility index (Phi) is 4.40. The first-order valence-corrected chi connectivity index (χ1v) is 6.47. The molecule has 0 spiro atoms. The smallest absolute Gasteiger partial charge is 0.336 e. The van der Waals surface area contributed by atoms with Crippen LogP contribution in [0.2, 0.25) is 15.1 Å². The Morgan fingerprint density at radius 2 is 1.74 bits per heavy atom. The molecular weight excluding hydrogens is 310 g/mol. The maximum Gasteiger partial charge on any atom is 0.336 e. The van der Waals surface area contributed by atoms with Gasteiger partial charge < -0.3 is 9.15 Å². The van der Waals surface area contributed by atoms with E-state index < -0.39 is 5.63 Å². The van der Waals surface area contributed by atoms with E-state index in [2.05, 4.69) is 0 Å². The predicted molar refractivity (Wildman–Crippen MR) is 75.5 cm³/mol. The van der Waals surface area contributed by atoms with E-state index in [1.54, 1.807) is 13.0 Å². The topological polar surface area (TPSA) is 39.4 Å². The van der Waals surface area contributed by atoms with Crippen LogP contribution >= 0.6 is 34.8 Å². The van der Waals surface area contributed by atoms with Crippen LogP contribution in [-0.2, 0) is 6.61 Å². The Hall–Kier alpha value is -1.16. The monoisotopic (exact) mass is 318 g/mol. The Labute approximate surface area is 124 Å². The zero-order valence-electron chi connectivity index (χ0n) is 9.88. The van der Waals surface area contributed by atoms with Crippen LogP contribution in [0.3, 0.4) is 0 Å². The molecule has 2 aromatic rings. The van der Waals surface area contributed by atoms with Gasteiger partial charge in [0.05, 0.1) is 10.0 Å². The Bertz CT molecular complexity index is 641. The molecule has 2 rings (SSSR count). The van der Waals surface area contributed by atoms with Crippen LogP contribution in [-0.4, -0.2) is 0 Å². The number of aryl methyl sites for hydroxylation is 1. The van der Waals surface area contributed by atoms with Crippen molar-refractivity contribution in [3.05, 3.63) is 61.1 Å². The molecule has 0 aliphatic rings. The fourth-order valence-corrected chi connectivity index (χ4v) is 2.48. The zero-order valence-corrected chi connectivity index (χ0v) is 12.1. The molecule has 19 heavy (non-hydrogen) atoms. The molecule has 1 aromatic carbocycles. The maximum absolute atomic E-state index is 11.2. The maximum atomic E-state index is 11.2. The van der Waals surface area contributed by atoms with Gasteiger partial charge in [-0.3, -0.25) is 0 Å². The van der Waals surface area contributed by atoms with Crippen LogP contribution in [0.25, 0.3) is 0 Å². The summed E-state index contributed by atoms with van der Waals surface area (Å²) < 4.78 is 10.5. The summed E-state index contributed by atoms with van der Waals surface area (Å²) in [5.41, 5.74) is 0.370. The summed E-state index contributed by atoms with van der Waals surface area (Å²) in [6.45, 7) is 1.85. The Balaban J connectivity index is 2.21. The number of rotatable bonds is 3. The standard InChI is InChI=1S/C13H9Cl3O3/c1-7-2-9(19-12(17)3-7)6-18-13-10(15)4-8(14)5-11(13)16/h2-5H,6H2,1H3. The van der Waals surface area contributed by atoms with Crippen molar-refractivity contribution in [3.8, 4) is 5.75 Å². The minimum atomic E-state index is -0.424. The fourth-order valence-electron chi connectivity index (χ4n) is 1.55. The van der Waals surface area contributed by atoms with Crippen molar-refractivity contribution in [2.45, 2.75) is 13.5 Å². The van der Waals surface area contributed by atoms with Gasteiger partial charge in [-0.25, -0.2) is 4.79 Å². The molecule has 6 heteroatoms. The number of benzene rings is 1. The van der Waals surface area contributed by atoms with Crippen LogP contribution in [0, 0.1) is 6.92 Å². The van der Waals surface area contributed by atoms with E-state index in [0.717, 1.165) is 5.56 Å². The van der Waals surface area contributed by atoms with Crippen LogP contribution < -0.4 is 10.4 Å². The third kappa shape index (κ3) is 3.66. The first kappa shape index (κ1) is 14.3. The minimum absolute atomic E-state index is 0.0536. The summed E-state index contributed by atoms with van der Waals surface area (Å²) in [6, 6.07) is 6.15. The Morgan fingerprint density at radius 1 is 1.11 bits per heavy atom. The van der Waals surface area contributed by atoms with Crippen LogP contribution in [0.1, 0.15) is 11.3 Å². The number of halogens is 3. The second-order valence-corrected chi connectivity index (χ2v) is 5.16. The highest BCUT2D eigenvalue weighted by molar-refractivity contribution is 6.40. The summed E-state index contributed by atoms with van der Waals surface area (Å²) >= 11 is 17.8. The van der Waals surface area contributed by atoms with Gasteiger partial charge in [0.15, 0.2) is 5.75 Å². The molecule has 0 bridgehead atoms. The second-order valence-electron chi connectivity index (χ2n) is 3.91. The van der Waals surface area contributed by atoms with Gasteiger partial charge in [0.25, 0.3) is 0 Å². The molecule has 0 amide bonds. The molecule has 0 fully saturated rings. The average molecular weight is 320 g/mol. The van der Waals surface area contributed by atoms with Gasteiger partial charge in [-0.2, -0.15) is 0 Å². The van der Waals surface area contributed by atoms with Gasteiger partial charge in [0.1, 0.15) is 12.4 Å². The lowest BCUT2D eigenvalue weighted by molar-refractivity contribution is 0.262. The molecule has 0 unspecified atom stereocenters. The molecule has 0 aliphatic carbocycles. The third-order valence-electron chi connectivity index (χ3n) is 2.29. The third-order valence-corrected chi connectivity index (χ3v) is 3.07. The largest absolute Gasteiger partial charge is 0.483 e. The van der Waals surface area contributed by atoms with Gasteiger partial charge in [0, 0.05) is 11.1 Å². The molecule has 0 N–H and O–H groups in total. The summed E-state index contributed by atoms with van der Waals surface area (Å²) in [7, 11) is 0. The molecule has 3 nitrogen and oxygen atoms in total. The van der Waals surface area contributed by atoms with E-state index in [1.165, 1.54) is 18.2 Å². The first-order valence-electron chi connectivity index (χ1n) is 5.34. The molecule has 100 valence electrons. The molecule has 0 aliphatic heterocycles. The van der Waals surface area contributed by atoms with Crippen molar-refractivity contribution in [3.63, 3.8) is 0 Å². The second kappa shape index (κ2) is 5.87. The SMILES string of the molecule is Cc1cc(COc2c(Cl)cc(Cl)cc2Cl)oc(=O)c1. The molecule has 0 radical (unpaired) electrons. The quantitative estimate of drug-likeness (QED) is 0.837. The minimum Gasteiger partial charge on any atom is -0.483 e. The van der Waals surface area contributed by atoms with E-state index in [9.17, 15) is 4.79 Å². The summed E-state index contributed by atoms with van der Waals surface area (Å²) in [5, 5.41) is 1.02. The van der Waals surface area contributed by atoms with Crippen molar-refractivity contribution < 1.29 is 9.15 Å². The van der Waals surface area contributed by atoms with Crippen molar-refractivity contribution in [1.82, 2.24) is 0 Å². The lowest BCUT2D eigenvalue weighted by Gasteiger charge is -2.09. The normalized spacial score (nSPS) is 10.5. The van der Waals surface area contributed by atoms with Crippen molar-refractivity contribution in [2.24, 2.45) is 0 Å². The molecule has 0 saturated heterocycles. The summed E-state index contributed by atoms with van der Waals surface area (Å²) in [6.07, 6.45) is 0. The van der Waals surface area contributed by atoms with E-state index in [-0.39, 0.29) is 6.61 Å². The molecule has 1 heterocycles.